The van der Waals surface area contributed by atoms with Crippen LogP contribution >= 0.6 is 0 Å². The summed E-state index contributed by atoms with van der Waals surface area (Å²) < 4.78 is 5.77. The molecule has 1 N–H and O–H groups in total. The lowest BCUT2D eigenvalue weighted by molar-refractivity contribution is 0.0341. The van der Waals surface area contributed by atoms with Crippen LogP contribution in [-0.2, 0) is 4.74 Å². The van der Waals surface area contributed by atoms with Crippen molar-refractivity contribution in [2.24, 2.45) is 0 Å². The van der Waals surface area contributed by atoms with E-state index in [9.17, 15) is 4.79 Å². The molecule has 2 aliphatic rings. The molecule has 1 saturated heterocycles. The predicted octanol–water partition coefficient (Wildman–Crippen LogP) is 3.51. The largest absolute Gasteiger partial charge is 0.375 e. The van der Waals surface area contributed by atoms with Gasteiger partial charge in [0.25, 0.3) is 5.91 Å². The van der Waals surface area contributed by atoms with Crippen molar-refractivity contribution in [3.63, 3.8) is 0 Å². The molecule has 5 rings (SSSR count). The summed E-state index contributed by atoms with van der Waals surface area (Å²) in [6.45, 7) is 7.72. The number of aryl methyl sites for hydroxylation is 1. The fourth-order valence-electron chi connectivity index (χ4n) is 4.10. The number of amides is 1. The zero-order valence-corrected chi connectivity index (χ0v) is 18.1. The molecule has 160 valence electrons. The van der Waals surface area contributed by atoms with Crippen LogP contribution in [0.1, 0.15) is 42.7 Å². The Balaban J connectivity index is 1.51. The number of benzene rings is 1. The number of carbonyl (C=O) groups is 1. The molecule has 0 unspecified atom stereocenters. The van der Waals surface area contributed by atoms with Gasteiger partial charge in [0.15, 0.2) is 5.82 Å². The third-order valence-electron chi connectivity index (χ3n) is 6.08. The summed E-state index contributed by atoms with van der Waals surface area (Å²) in [5, 5.41) is 13.8. The molecule has 1 saturated carbocycles. The maximum Gasteiger partial charge on any atom is 0.270 e. The summed E-state index contributed by atoms with van der Waals surface area (Å²) in [5.41, 5.74) is 3.53. The van der Waals surface area contributed by atoms with E-state index in [1.54, 1.807) is 12.4 Å². The second-order valence-corrected chi connectivity index (χ2v) is 8.75. The van der Waals surface area contributed by atoms with Gasteiger partial charge < -0.3 is 15.0 Å². The van der Waals surface area contributed by atoms with Gasteiger partial charge in [0.1, 0.15) is 5.69 Å². The molecule has 1 amide bonds. The van der Waals surface area contributed by atoms with E-state index in [4.69, 9.17) is 4.74 Å². The van der Waals surface area contributed by atoms with Gasteiger partial charge in [0.05, 0.1) is 24.9 Å². The number of hydrogen-bond donors (Lipinski definition) is 1. The van der Waals surface area contributed by atoms with Crippen LogP contribution in [0.2, 0.25) is 0 Å². The number of anilines is 1. The molecule has 0 radical (unpaired) electrons. The van der Waals surface area contributed by atoms with Gasteiger partial charge >= 0.3 is 0 Å². The van der Waals surface area contributed by atoms with Crippen LogP contribution in [0.15, 0.2) is 36.7 Å². The van der Waals surface area contributed by atoms with Crippen molar-refractivity contribution in [1.29, 1.82) is 0 Å². The fourth-order valence-corrected chi connectivity index (χ4v) is 4.10. The Hall–Kier alpha value is -3.06. The van der Waals surface area contributed by atoms with Crippen molar-refractivity contribution >= 4 is 22.5 Å². The molecule has 2 aromatic heterocycles. The molecule has 1 aliphatic heterocycles. The highest BCUT2D eigenvalue weighted by Crippen LogP contribution is 2.32. The number of carbonyl (C=O) groups excluding carboxylic acids is 1. The number of fused-ring (bicyclic) bond motifs is 1. The van der Waals surface area contributed by atoms with Crippen LogP contribution in [-0.4, -0.2) is 52.4 Å². The van der Waals surface area contributed by atoms with Crippen LogP contribution in [0.4, 0.5) is 5.82 Å². The second-order valence-electron chi connectivity index (χ2n) is 8.75. The third kappa shape index (κ3) is 3.97. The number of ether oxygens (including phenoxy) is 1. The molecular weight excluding hydrogens is 390 g/mol. The molecule has 1 aromatic carbocycles. The SMILES string of the molecule is Cc1cnc(C(=O)NC2CC2)cc1-c1ccc2c(N3C[C@@H](C)OC[C@H]3C)nncc2c1. The monoisotopic (exact) mass is 417 g/mol. The van der Waals surface area contributed by atoms with Crippen molar-refractivity contribution in [1.82, 2.24) is 20.5 Å². The minimum absolute atomic E-state index is 0.104. The van der Waals surface area contributed by atoms with E-state index >= 15 is 0 Å². The normalized spacial score (nSPS) is 21.3. The molecule has 7 nitrogen and oxygen atoms in total. The van der Waals surface area contributed by atoms with Gasteiger partial charge in [-0.15, -0.1) is 5.10 Å². The molecule has 2 atom stereocenters. The molecule has 31 heavy (non-hydrogen) atoms. The van der Waals surface area contributed by atoms with Crippen molar-refractivity contribution in [3.8, 4) is 11.1 Å². The van der Waals surface area contributed by atoms with Gasteiger partial charge in [-0.05, 0) is 68.5 Å². The summed E-state index contributed by atoms with van der Waals surface area (Å²) in [6.07, 6.45) is 5.84. The molecule has 3 heterocycles. The van der Waals surface area contributed by atoms with E-state index in [2.05, 4.69) is 57.4 Å². The molecule has 1 aliphatic carbocycles. The van der Waals surface area contributed by atoms with Gasteiger partial charge in [-0.2, -0.15) is 5.10 Å². The van der Waals surface area contributed by atoms with E-state index in [0.717, 1.165) is 52.7 Å². The van der Waals surface area contributed by atoms with Crippen molar-refractivity contribution < 1.29 is 9.53 Å². The van der Waals surface area contributed by atoms with Crippen molar-refractivity contribution in [3.05, 3.63) is 47.9 Å². The first-order chi connectivity index (χ1) is 15.0. The Morgan fingerprint density at radius 2 is 2.03 bits per heavy atom. The Morgan fingerprint density at radius 3 is 2.84 bits per heavy atom. The summed E-state index contributed by atoms with van der Waals surface area (Å²) in [7, 11) is 0. The average molecular weight is 418 g/mol. The van der Waals surface area contributed by atoms with Crippen molar-refractivity contribution in [2.45, 2.75) is 51.8 Å². The molecule has 0 bridgehead atoms. The second kappa shape index (κ2) is 7.89. The highest BCUT2D eigenvalue weighted by Gasteiger charge is 2.27. The third-order valence-corrected chi connectivity index (χ3v) is 6.08. The molecule has 2 fully saturated rings. The minimum Gasteiger partial charge on any atom is -0.375 e. The van der Waals surface area contributed by atoms with Crippen LogP contribution in [0.25, 0.3) is 21.9 Å². The number of nitrogens with one attached hydrogen (secondary N) is 1. The Labute approximate surface area is 181 Å². The predicted molar refractivity (Wildman–Crippen MR) is 120 cm³/mol. The van der Waals surface area contributed by atoms with Gasteiger partial charge in [0, 0.05) is 29.6 Å². The number of aromatic nitrogens is 3. The smallest absolute Gasteiger partial charge is 0.270 e. The Bertz CT molecular complexity index is 1140. The molecule has 0 spiro atoms. The summed E-state index contributed by atoms with van der Waals surface area (Å²) in [4.78, 5) is 19.1. The molecule has 3 aromatic rings. The van der Waals surface area contributed by atoms with Gasteiger partial charge in [-0.3, -0.25) is 9.78 Å². The van der Waals surface area contributed by atoms with Crippen LogP contribution in [0, 0.1) is 6.92 Å². The fraction of sp³-hybridized carbons (Fsp3) is 0.417. The van der Waals surface area contributed by atoms with Gasteiger partial charge in [-0.1, -0.05) is 6.07 Å². The zero-order chi connectivity index (χ0) is 21.5. The zero-order valence-electron chi connectivity index (χ0n) is 18.1. The first-order valence-corrected chi connectivity index (χ1v) is 10.9. The summed E-state index contributed by atoms with van der Waals surface area (Å²) in [6, 6.07) is 8.74. The topological polar surface area (TPSA) is 80.2 Å². The lowest BCUT2D eigenvalue weighted by atomic mass is 9.98. The number of hydrogen-bond acceptors (Lipinski definition) is 6. The highest BCUT2D eigenvalue weighted by atomic mass is 16.5. The van der Waals surface area contributed by atoms with Crippen LogP contribution in [0.5, 0.6) is 0 Å². The minimum atomic E-state index is -0.104. The van der Waals surface area contributed by atoms with E-state index < -0.39 is 0 Å². The Morgan fingerprint density at radius 1 is 1.19 bits per heavy atom. The van der Waals surface area contributed by atoms with E-state index in [0.29, 0.717) is 18.3 Å². The first-order valence-electron chi connectivity index (χ1n) is 10.9. The lowest BCUT2D eigenvalue weighted by Gasteiger charge is -2.37. The number of nitrogens with zero attached hydrogens (tertiary/aromatic N) is 4. The maximum absolute atomic E-state index is 12.5. The molecule has 7 heteroatoms. The number of rotatable bonds is 4. The van der Waals surface area contributed by atoms with Crippen LogP contribution in [0.3, 0.4) is 0 Å². The van der Waals surface area contributed by atoms with E-state index in [1.807, 2.05) is 13.0 Å². The summed E-state index contributed by atoms with van der Waals surface area (Å²) >= 11 is 0. The van der Waals surface area contributed by atoms with E-state index in [-0.39, 0.29) is 18.1 Å². The standard InChI is InChI=1S/C24H27N5O2/c1-14-10-25-22(24(30)27-19-5-6-19)9-21(14)17-4-7-20-18(8-17)11-26-28-23(20)29-12-16(3)31-13-15(29)2/h4,7-11,15-16,19H,5-6,12-13H2,1-3H3,(H,27,30)/t15-,16-/m1/s1. The number of morpholine rings is 1. The van der Waals surface area contributed by atoms with Crippen LogP contribution < -0.4 is 10.2 Å². The van der Waals surface area contributed by atoms with Crippen molar-refractivity contribution in [2.75, 3.05) is 18.1 Å². The van der Waals surface area contributed by atoms with Gasteiger partial charge in [-0.25, -0.2) is 0 Å². The first kappa shape index (κ1) is 19.9. The van der Waals surface area contributed by atoms with Gasteiger partial charge in [0.2, 0.25) is 0 Å². The van der Waals surface area contributed by atoms with E-state index in [1.165, 1.54) is 0 Å². The molecular formula is C24H27N5O2. The summed E-state index contributed by atoms with van der Waals surface area (Å²) in [5.74, 6) is 0.788. The quantitative estimate of drug-likeness (QED) is 0.700. The lowest BCUT2D eigenvalue weighted by Crippen LogP contribution is -2.48. The number of pyridine rings is 1. The maximum atomic E-state index is 12.5. The average Bonchev–Trinajstić information content (AvgIpc) is 3.59. The highest BCUT2D eigenvalue weighted by molar-refractivity contribution is 5.96. The Kier molecular flexibility index (Phi) is 5.06.